The normalized spacial score (nSPS) is 14.6. The molecule has 0 amide bonds. The Kier molecular flexibility index (Phi) is 4.74. The van der Waals surface area contributed by atoms with Crippen molar-refractivity contribution in [3.05, 3.63) is 22.3 Å². The summed E-state index contributed by atoms with van der Waals surface area (Å²) in [5.74, 6) is 0.780. The number of pyridine rings is 1. The summed E-state index contributed by atoms with van der Waals surface area (Å²) in [4.78, 5) is 4.27. The van der Waals surface area contributed by atoms with E-state index in [1.54, 1.807) is 0 Å². The number of hydrogen-bond acceptors (Lipinski definition) is 3. The molecule has 0 radical (unpaired) electrons. The fourth-order valence-electron chi connectivity index (χ4n) is 1.56. The molecule has 4 heteroatoms. The molecular formula is C12H19BrN2O. The first kappa shape index (κ1) is 13.5. The third kappa shape index (κ3) is 4.10. The summed E-state index contributed by atoms with van der Waals surface area (Å²) in [6.07, 6.45) is 3.56. The van der Waals surface area contributed by atoms with Crippen LogP contribution >= 0.6 is 15.9 Å². The van der Waals surface area contributed by atoms with Crippen molar-refractivity contribution in [1.82, 2.24) is 4.98 Å². The first-order valence-corrected chi connectivity index (χ1v) is 6.32. The zero-order valence-electron chi connectivity index (χ0n) is 10.0. The van der Waals surface area contributed by atoms with Gasteiger partial charge in [0.15, 0.2) is 0 Å². The molecule has 0 aliphatic heterocycles. The van der Waals surface area contributed by atoms with Crippen LogP contribution in [0.5, 0.6) is 0 Å². The summed E-state index contributed by atoms with van der Waals surface area (Å²) in [5, 5.41) is 13.2. The highest BCUT2D eigenvalue weighted by atomic mass is 79.9. The van der Waals surface area contributed by atoms with E-state index in [9.17, 15) is 5.11 Å². The van der Waals surface area contributed by atoms with Crippen LogP contribution < -0.4 is 5.32 Å². The molecule has 1 heterocycles. The van der Waals surface area contributed by atoms with E-state index in [2.05, 4.69) is 33.2 Å². The lowest BCUT2D eigenvalue weighted by Gasteiger charge is -2.23. The summed E-state index contributed by atoms with van der Waals surface area (Å²) >= 11 is 3.45. The van der Waals surface area contributed by atoms with Crippen molar-refractivity contribution in [1.29, 1.82) is 0 Å². The lowest BCUT2D eigenvalue weighted by atomic mass is 10.0. The quantitative estimate of drug-likeness (QED) is 0.874. The zero-order valence-corrected chi connectivity index (χ0v) is 11.6. The van der Waals surface area contributed by atoms with Crippen LogP contribution in [0.3, 0.4) is 0 Å². The third-order valence-electron chi connectivity index (χ3n) is 2.40. The molecule has 1 atom stereocenters. The Morgan fingerprint density at radius 1 is 1.56 bits per heavy atom. The Labute approximate surface area is 105 Å². The van der Waals surface area contributed by atoms with Gasteiger partial charge in [-0.2, -0.15) is 0 Å². The van der Waals surface area contributed by atoms with Gasteiger partial charge >= 0.3 is 0 Å². The number of aliphatic hydroxyl groups is 1. The summed E-state index contributed by atoms with van der Waals surface area (Å²) < 4.78 is 0.930. The van der Waals surface area contributed by atoms with Crippen molar-refractivity contribution in [2.45, 2.75) is 39.2 Å². The van der Waals surface area contributed by atoms with Crippen LogP contribution in [0.1, 0.15) is 32.3 Å². The average molecular weight is 287 g/mol. The molecule has 1 rings (SSSR count). The first-order chi connectivity index (χ1) is 7.44. The Morgan fingerprint density at radius 2 is 2.25 bits per heavy atom. The molecule has 16 heavy (non-hydrogen) atoms. The van der Waals surface area contributed by atoms with Gasteiger partial charge in [-0.15, -0.1) is 0 Å². The van der Waals surface area contributed by atoms with Crippen LogP contribution in [0.2, 0.25) is 0 Å². The second-order valence-electron chi connectivity index (χ2n) is 4.44. The molecule has 0 aliphatic rings. The van der Waals surface area contributed by atoms with E-state index in [0.29, 0.717) is 6.54 Å². The third-order valence-corrected chi connectivity index (χ3v) is 3.01. The predicted octanol–water partition coefficient (Wildman–Crippen LogP) is 3.12. The van der Waals surface area contributed by atoms with E-state index >= 15 is 0 Å². The van der Waals surface area contributed by atoms with Gasteiger partial charge in [-0.3, -0.25) is 0 Å². The number of nitrogens with one attached hydrogen (secondary N) is 1. The largest absolute Gasteiger partial charge is 0.388 e. The second-order valence-corrected chi connectivity index (χ2v) is 5.30. The predicted molar refractivity (Wildman–Crippen MR) is 70.7 cm³/mol. The standard InChI is InChI=1S/C12H19BrN2O/c1-4-5-12(3,16)8-15-11-10(13)6-9(2)7-14-11/h6-7,16H,4-5,8H2,1-3H3,(H,14,15). The molecule has 2 N–H and O–H groups in total. The van der Waals surface area contributed by atoms with Gasteiger partial charge in [-0.1, -0.05) is 13.3 Å². The Hall–Kier alpha value is -0.610. The molecule has 0 saturated carbocycles. The van der Waals surface area contributed by atoms with Crippen LogP contribution in [-0.4, -0.2) is 22.2 Å². The molecule has 1 aromatic heterocycles. The molecule has 0 saturated heterocycles. The van der Waals surface area contributed by atoms with Crippen molar-refractivity contribution in [3.8, 4) is 0 Å². The molecule has 0 bridgehead atoms. The van der Waals surface area contributed by atoms with Crippen LogP contribution in [-0.2, 0) is 0 Å². The number of anilines is 1. The smallest absolute Gasteiger partial charge is 0.140 e. The monoisotopic (exact) mass is 286 g/mol. The molecule has 0 aromatic carbocycles. The molecular weight excluding hydrogens is 268 g/mol. The number of halogens is 1. The highest BCUT2D eigenvalue weighted by Crippen LogP contribution is 2.21. The van der Waals surface area contributed by atoms with E-state index in [0.717, 1.165) is 28.7 Å². The van der Waals surface area contributed by atoms with Crippen LogP contribution in [0.25, 0.3) is 0 Å². The van der Waals surface area contributed by atoms with Gasteiger partial charge in [0.25, 0.3) is 0 Å². The summed E-state index contributed by atoms with van der Waals surface area (Å²) in [5.41, 5.74) is 0.429. The number of hydrogen-bond donors (Lipinski definition) is 2. The summed E-state index contributed by atoms with van der Waals surface area (Å²) in [6, 6.07) is 2.00. The topological polar surface area (TPSA) is 45.1 Å². The van der Waals surface area contributed by atoms with E-state index in [-0.39, 0.29) is 0 Å². The van der Waals surface area contributed by atoms with Crippen LogP contribution in [0.15, 0.2) is 16.7 Å². The van der Waals surface area contributed by atoms with Crippen LogP contribution in [0.4, 0.5) is 5.82 Å². The maximum Gasteiger partial charge on any atom is 0.140 e. The minimum Gasteiger partial charge on any atom is -0.388 e. The van der Waals surface area contributed by atoms with Gasteiger partial charge in [0, 0.05) is 12.7 Å². The number of rotatable bonds is 5. The molecule has 1 aromatic rings. The van der Waals surface area contributed by atoms with E-state index in [4.69, 9.17) is 0 Å². The highest BCUT2D eigenvalue weighted by Gasteiger charge is 2.19. The van der Waals surface area contributed by atoms with Gasteiger partial charge in [0.05, 0.1) is 10.1 Å². The number of nitrogens with zero attached hydrogens (tertiary/aromatic N) is 1. The Balaban J connectivity index is 2.61. The van der Waals surface area contributed by atoms with Gasteiger partial charge in [-0.05, 0) is 47.8 Å². The fourth-order valence-corrected chi connectivity index (χ4v) is 2.17. The van der Waals surface area contributed by atoms with Gasteiger partial charge in [-0.25, -0.2) is 4.98 Å². The minimum absolute atomic E-state index is 0.509. The Bertz CT molecular complexity index is 353. The maximum absolute atomic E-state index is 10.0. The van der Waals surface area contributed by atoms with Crippen molar-refractivity contribution < 1.29 is 5.11 Å². The zero-order chi connectivity index (χ0) is 12.2. The Morgan fingerprint density at radius 3 is 2.81 bits per heavy atom. The first-order valence-electron chi connectivity index (χ1n) is 5.53. The molecule has 0 aliphatic carbocycles. The fraction of sp³-hybridized carbons (Fsp3) is 0.583. The van der Waals surface area contributed by atoms with E-state index < -0.39 is 5.60 Å². The SMILES string of the molecule is CCCC(C)(O)CNc1ncc(C)cc1Br. The molecule has 3 nitrogen and oxygen atoms in total. The number of aryl methyl sites for hydroxylation is 1. The van der Waals surface area contributed by atoms with E-state index in [1.807, 2.05) is 26.1 Å². The molecule has 1 unspecified atom stereocenters. The maximum atomic E-state index is 10.0. The van der Waals surface area contributed by atoms with Crippen molar-refractivity contribution in [2.75, 3.05) is 11.9 Å². The van der Waals surface area contributed by atoms with Crippen molar-refractivity contribution in [3.63, 3.8) is 0 Å². The van der Waals surface area contributed by atoms with Gasteiger partial charge in [0.1, 0.15) is 5.82 Å². The van der Waals surface area contributed by atoms with Gasteiger partial charge in [0.2, 0.25) is 0 Å². The lowest BCUT2D eigenvalue weighted by molar-refractivity contribution is 0.0636. The van der Waals surface area contributed by atoms with Gasteiger partial charge < -0.3 is 10.4 Å². The summed E-state index contributed by atoms with van der Waals surface area (Å²) in [7, 11) is 0. The van der Waals surface area contributed by atoms with Crippen LogP contribution in [0, 0.1) is 6.92 Å². The van der Waals surface area contributed by atoms with E-state index in [1.165, 1.54) is 0 Å². The van der Waals surface area contributed by atoms with Crippen molar-refractivity contribution in [2.24, 2.45) is 0 Å². The highest BCUT2D eigenvalue weighted by molar-refractivity contribution is 9.10. The molecule has 90 valence electrons. The lowest BCUT2D eigenvalue weighted by Crippen LogP contribution is -2.33. The molecule has 0 spiro atoms. The molecule has 0 fully saturated rings. The number of aromatic nitrogens is 1. The van der Waals surface area contributed by atoms with Crippen molar-refractivity contribution >= 4 is 21.7 Å². The average Bonchev–Trinajstić information content (AvgIpc) is 2.16. The summed E-state index contributed by atoms with van der Waals surface area (Å²) in [6.45, 7) is 6.41. The minimum atomic E-state index is -0.680. The second kappa shape index (κ2) is 5.64.